The summed E-state index contributed by atoms with van der Waals surface area (Å²) in [5.41, 5.74) is 0.596. The molecule has 1 aromatic heterocycles. The monoisotopic (exact) mass is 380 g/mol. The van der Waals surface area contributed by atoms with Crippen molar-refractivity contribution < 1.29 is 9.59 Å². The summed E-state index contributed by atoms with van der Waals surface area (Å²) in [6.45, 7) is 2.33. The third-order valence-electron chi connectivity index (χ3n) is 2.99. The molecule has 0 spiro atoms. The average molecular weight is 381 g/mol. The van der Waals surface area contributed by atoms with E-state index in [1.165, 1.54) is 0 Å². The molecule has 0 saturated carbocycles. The Bertz CT molecular complexity index is 643. The van der Waals surface area contributed by atoms with Crippen molar-refractivity contribution in [2.75, 3.05) is 0 Å². The van der Waals surface area contributed by atoms with Gasteiger partial charge in [0.15, 0.2) is 0 Å². The smallest absolute Gasteiger partial charge is 0.251 e. The van der Waals surface area contributed by atoms with Crippen LogP contribution in [0.25, 0.3) is 0 Å². The van der Waals surface area contributed by atoms with Gasteiger partial charge >= 0.3 is 0 Å². The van der Waals surface area contributed by atoms with Gasteiger partial charge in [0.1, 0.15) is 0 Å². The topological polar surface area (TPSA) is 58.2 Å². The SMILES string of the molecule is CC(CC(=O)NCc1ccc(Br)s1)NC(=O)c1ccccc1. The van der Waals surface area contributed by atoms with Crippen molar-refractivity contribution in [3.8, 4) is 0 Å². The predicted molar refractivity (Wildman–Crippen MR) is 91.9 cm³/mol. The van der Waals surface area contributed by atoms with E-state index in [0.29, 0.717) is 12.1 Å². The van der Waals surface area contributed by atoms with Crippen LogP contribution in [-0.4, -0.2) is 17.9 Å². The number of amides is 2. The second-order valence-corrected chi connectivity index (χ2v) is 7.47. The zero-order valence-electron chi connectivity index (χ0n) is 12.1. The second-order valence-electron chi connectivity index (χ2n) is 4.93. The van der Waals surface area contributed by atoms with E-state index >= 15 is 0 Å². The van der Waals surface area contributed by atoms with Gasteiger partial charge in [0.05, 0.1) is 10.3 Å². The molecule has 6 heteroatoms. The maximum Gasteiger partial charge on any atom is 0.251 e. The van der Waals surface area contributed by atoms with Crippen LogP contribution in [0, 0.1) is 0 Å². The van der Waals surface area contributed by atoms with Crippen LogP contribution in [0.4, 0.5) is 0 Å². The van der Waals surface area contributed by atoms with Crippen molar-refractivity contribution >= 4 is 39.1 Å². The minimum Gasteiger partial charge on any atom is -0.351 e. The summed E-state index contributed by atoms with van der Waals surface area (Å²) >= 11 is 4.98. The fourth-order valence-electron chi connectivity index (χ4n) is 1.93. The van der Waals surface area contributed by atoms with E-state index in [0.717, 1.165) is 8.66 Å². The van der Waals surface area contributed by atoms with Gasteiger partial charge in [-0.15, -0.1) is 11.3 Å². The molecule has 2 rings (SSSR count). The molecule has 0 aliphatic heterocycles. The van der Waals surface area contributed by atoms with Crippen LogP contribution in [-0.2, 0) is 11.3 Å². The number of hydrogen-bond acceptors (Lipinski definition) is 3. The molecular formula is C16H17BrN2O2S. The van der Waals surface area contributed by atoms with Gasteiger partial charge < -0.3 is 10.6 Å². The molecule has 116 valence electrons. The number of nitrogens with one attached hydrogen (secondary N) is 2. The first-order valence-electron chi connectivity index (χ1n) is 6.91. The van der Waals surface area contributed by atoms with Crippen molar-refractivity contribution in [1.82, 2.24) is 10.6 Å². The van der Waals surface area contributed by atoms with Crippen molar-refractivity contribution in [1.29, 1.82) is 0 Å². The van der Waals surface area contributed by atoms with Crippen molar-refractivity contribution in [2.45, 2.75) is 25.9 Å². The van der Waals surface area contributed by atoms with E-state index < -0.39 is 0 Å². The number of thiophene rings is 1. The molecule has 0 aliphatic rings. The zero-order valence-corrected chi connectivity index (χ0v) is 14.5. The van der Waals surface area contributed by atoms with Gasteiger partial charge in [0.2, 0.25) is 5.91 Å². The van der Waals surface area contributed by atoms with Crippen LogP contribution in [0.3, 0.4) is 0 Å². The molecule has 1 unspecified atom stereocenters. The summed E-state index contributed by atoms with van der Waals surface area (Å²) in [5.74, 6) is -0.242. The lowest BCUT2D eigenvalue weighted by atomic mass is 10.1. The van der Waals surface area contributed by atoms with Crippen LogP contribution < -0.4 is 10.6 Å². The number of hydrogen-bond donors (Lipinski definition) is 2. The molecule has 0 fully saturated rings. The minimum absolute atomic E-state index is 0.0783. The predicted octanol–water partition coefficient (Wildman–Crippen LogP) is 3.34. The van der Waals surface area contributed by atoms with Crippen LogP contribution in [0.1, 0.15) is 28.6 Å². The Balaban J connectivity index is 1.75. The Morgan fingerprint density at radius 3 is 2.55 bits per heavy atom. The normalized spacial score (nSPS) is 11.7. The van der Waals surface area contributed by atoms with E-state index in [2.05, 4.69) is 26.6 Å². The summed E-state index contributed by atoms with van der Waals surface area (Å²) < 4.78 is 1.04. The Hall–Kier alpha value is -1.66. The molecule has 4 nitrogen and oxygen atoms in total. The lowest BCUT2D eigenvalue weighted by molar-refractivity contribution is -0.121. The highest BCUT2D eigenvalue weighted by atomic mass is 79.9. The number of rotatable bonds is 6. The number of benzene rings is 1. The van der Waals surface area contributed by atoms with E-state index in [1.54, 1.807) is 23.5 Å². The zero-order chi connectivity index (χ0) is 15.9. The van der Waals surface area contributed by atoms with Crippen molar-refractivity contribution in [3.63, 3.8) is 0 Å². The largest absolute Gasteiger partial charge is 0.351 e. The molecule has 0 aliphatic carbocycles. The fourth-order valence-corrected chi connectivity index (χ4v) is 3.35. The van der Waals surface area contributed by atoms with Crippen molar-refractivity contribution in [3.05, 3.63) is 56.7 Å². The summed E-state index contributed by atoms with van der Waals surface area (Å²) in [7, 11) is 0. The quantitative estimate of drug-likeness (QED) is 0.807. The van der Waals surface area contributed by atoms with Crippen molar-refractivity contribution in [2.24, 2.45) is 0 Å². The molecule has 2 aromatic rings. The molecule has 1 aromatic carbocycles. The Labute approximate surface area is 142 Å². The summed E-state index contributed by atoms with van der Waals surface area (Å²) in [5, 5.41) is 5.68. The molecule has 2 N–H and O–H groups in total. The van der Waals surface area contributed by atoms with Crippen LogP contribution in [0.5, 0.6) is 0 Å². The summed E-state index contributed by atoms with van der Waals surface area (Å²) in [4.78, 5) is 24.9. The van der Waals surface area contributed by atoms with Gasteiger partial charge in [-0.25, -0.2) is 0 Å². The van der Waals surface area contributed by atoms with Gasteiger partial charge in [-0.2, -0.15) is 0 Å². The first kappa shape index (κ1) is 16.7. The highest BCUT2D eigenvalue weighted by Gasteiger charge is 2.13. The van der Waals surface area contributed by atoms with Crippen LogP contribution >= 0.6 is 27.3 Å². The van der Waals surface area contributed by atoms with E-state index in [-0.39, 0.29) is 24.3 Å². The van der Waals surface area contributed by atoms with Gasteiger partial charge in [0.25, 0.3) is 5.91 Å². The summed E-state index contributed by atoms with van der Waals surface area (Å²) in [6, 6.07) is 12.7. The third-order valence-corrected chi connectivity index (χ3v) is 4.62. The van der Waals surface area contributed by atoms with Crippen LogP contribution in [0.2, 0.25) is 0 Å². The van der Waals surface area contributed by atoms with Crippen LogP contribution in [0.15, 0.2) is 46.3 Å². The number of carbonyl (C=O) groups is 2. The first-order valence-corrected chi connectivity index (χ1v) is 8.52. The Kier molecular flexibility index (Phi) is 6.15. The maximum absolute atomic E-state index is 12.0. The minimum atomic E-state index is -0.220. The molecule has 0 saturated heterocycles. The molecule has 2 amide bonds. The Morgan fingerprint density at radius 2 is 1.91 bits per heavy atom. The van der Waals surface area contributed by atoms with E-state index in [1.807, 2.05) is 37.3 Å². The molecule has 1 atom stereocenters. The Morgan fingerprint density at radius 1 is 1.18 bits per heavy atom. The highest BCUT2D eigenvalue weighted by molar-refractivity contribution is 9.11. The molecule has 22 heavy (non-hydrogen) atoms. The molecular weight excluding hydrogens is 364 g/mol. The fraction of sp³-hybridized carbons (Fsp3) is 0.250. The first-order chi connectivity index (χ1) is 10.5. The number of halogens is 1. The van der Waals surface area contributed by atoms with Gasteiger partial charge in [-0.05, 0) is 47.1 Å². The highest BCUT2D eigenvalue weighted by Crippen LogP contribution is 2.21. The molecule has 0 bridgehead atoms. The maximum atomic E-state index is 12.0. The van der Waals surface area contributed by atoms with E-state index in [4.69, 9.17) is 0 Å². The lowest BCUT2D eigenvalue weighted by Crippen LogP contribution is -2.37. The standard InChI is InChI=1S/C16H17BrN2O2S/c1-11(19-16(21)12-5-3-2-4-6-12)9-15(20)18-10-13-7-8-14(17)22-13/h2-8,11H,9-10H2,1H3,(H,18,20)(H,19,21). The number of carbonyl (C=O) groups excluding carboxylic acids is 2. The van der Waals surface area contributed by atoms with Gasteiger partial charge in [-0.1, -0.05) is 18.2 Å². The summed E-state index contributed by atoms with van der Waals surface area (Å²) in [6.07, 6.45) is 0.255. The lowest BCUT2D eigenvalue weighted by Gasteiger charge is -2.13. The second kappa shape index (κ2) is 8.10. The van der Waals surface area contributed by atoms with E-state index in [9.17, 15) is 9.59 Å². The van der Waals surface area contributed by atoms with Gasteiger partial charge in [0, 0.05) is 22.9 Å². The van der Waals surface area contributed by atoms with Gasteiger partial charge in [-0.3, -0.25) is 9.59 Å². The average Bonchev–Trinajstić information content (AvgIpc) is 2.91. The molecule has 1 heterocycles. The third kappa shape index (κ3) is 5.27. The molecule has 0 radical (unpaired) electrons.